The van der Waals surface area contributed by atoms with Crippen LogP contribution in [0.25, 0.3) is 11.3 Å². The molecule has 20 heavy (non-hydrogen) atoms. The first-order valence-electron chi connectivity index (χ1n) is 6.34. The summed E-state index contributed by atoms with van der Waals surface area (Å²) in [4.78, 5) is 25.7. The van der Waals surface area contributed by atoms with Crippen LogP contribution in [0.4, 0.5) is 5.69 Å². The van der Waals surface area contributed by atoms with E-state index >= 15 is 0 Å². The van der Waals surface area contributed by atoms with Gasteiger partial charge in [-0.25, -0.2) is 0 Å². The van der Waals surface area contributed by atoms with Crippen molar-refractivity contribution >= 4 is 17.5 Å². The number of anilines is 1. The Hall–Kier alpha value is -2.50. The SMILES string of the molecule is CCn1ncc(-c2ccc(N(C(C)=O)C(C)=O)cc2)n1. The predicted molar refractivity (Wildman–Crippen MR) is 75.0 cm³/mol. The number of amides is 2. The van der Waals surface area contributed by atoms with Crippen LogP contribution in [0.1, 0.15) is 20.8 Å². The fourth-order valence-corrected chi connectivity index (χ4v) is 1.95. The van der Waals surface area contributed by atoms with E-state index in [0.29, 0.717) is 12.2 Å². The van der Waals surface area contributed by atoms with Crippen molar-refractivity contribution in [2.45, 2.75) is 27.3 Å². The zero-order chi connectivity index (χ0) is 14.7. The molecular formula is C14H16N4O2. The van der Waals surface area contributed by atoms with E-state index in [-0.39, 0.29) is 11.8 Å². The van der Waals surface area contributed by atoms with E-state index in [1.54, 1.807) is 23.1 Å². The van der Waals surface area contributed by atoms with Gasteiger partial charge in [-0.2, -0.15) is 15.0 Å². The Bertz CT molecular complexity index is 617. The van der Waals surface area contributed by atoms with Crippen molar-refractivity contribution in [2.75, 3.05) is 4.90 Å². The van der Waals surface area contributed by atoms with Crippen LogP contribution in [0.2, 0.25) is 0 Å². The second-order valence-electron chi connectivity index (χ2n) is 4.34. The van der Waals surface area contributed by atoms with Crippen molar-refractivity contribution in [1.29, 1.82) is 0 Å². The highest BCUT2D eigenvalue weighted by Crippen LogP contribution is 2.21. The molecule has 0 atom stereocenters. The number of benzene rings is 1. The Kier molecular flexibility index (Phi) is 3.93. The van der Waals surface area contributed by atoms with Crippen LogP contribution in [0.3, 0.4) is 0 Å². The van der Waals surface area contributed by atoms with Crippen molar-refractivity contribution < 1.29 is 9.59 Å². The second kappa shape index (κ2) is 5.64. The average molecular weight is 272 g/mol. The smallest absolute Gasteiger partial charge is 0.230 e. The third kappa shape index (κ3) is 2.74. The molecule has 1 aromatic heterocycles. The third-order valence-electron chi connectivity index (χ3n) is 2.87. The highest BCUT2D eigenvalue weighted by molar-refractivity contribution is 6.13. The van der Waals surface area contributed by atoms with Gasteiger partial charge in [0.2, 0.25) is 11.8 Å². The maximum atomic E-state index is 11.5. The van der Waals surface area contributed by atoms with Crippen LogP contribution in [0.5, 0.6) is 0 Å². The number of rotatable bonds is 3. The quantitative estimate of drug-likeness (QED) is 0.855. The van der Waals surface area contributed by atoms with E-state index in [1.165, 1.54) is 13.8 Å². The standard InChI is InChI=1S/C14H16N4O2/c1-4-17-15-9-14(16-17)12-5-7-13(8-6-12)18(10(2)19)11(3)20/h5-9H,4H2,1-3H3. The molecule has 6 nitrogen and oxygen atoms in total. The lowest BCUT2D eigenvalue weighted by Crippen LogP contribution is -2.32. The maximum Gasteiger partial charge on any atom is 0.230 e. The van der Waals surface area contributed by atoms with Crippen LogP contribution in [0.15, 0.2) is 30.5 Å². The fraction of sp³-hybridized carbons (Fsp3) is 0.286. The highest BCUT2D eigenvalue weighted by Gasteiger charge is 2.16. The second-order valence-corrected chi connectivity index (χ2v) is 4.34. The third-order valence-corrected chi connectivity index (χ3v) is 2.87. The van der Waals surface area contributed by atoms with Crippen molar-refractivity contribution in [3.05, 3.63) is 30.5 Å². The summed E-state index contributed by atoms with van der Waals surface area (Å²) < 4.78 is 0. The number of carbonyl (C=O) groups is 2. The predicted octanol–water partition coefficient (Wildman–Crippen LogP) is 1.86. The summed E-state index contributed by atoms with van der Waals surface area (Å²) >= 11 is 0. The Morgan fingerprint density at radius 1 is 1.15 bits per heavy atom. The molecule has 0 radical (unpaired) electrons. The molecule has 0 saturated heterocycles. The van der Waals surface area contributed by atoms with Crippen molar-refractivity contribution in [3.63, 3.8) is 0 Å². The lowest BCUT2D eigenvalue weighted by atomic mass is 10.1. The van der Waals surface area contributed by atoms with Gasteiger partial charge in [0.25, 0.3) is 0 Å². The number of aryl methyl sites for hydroxylation is 1. The van der Waals surface area contributed by atoms with Crippen LogP contribution < -0.4 is 4.90 Å². The molecule has 0 bridgehead atoms. The Morgan fingerprint density at radius 2 is 1.75 bits per heavy atom. The van der Waals surface area contributed by atoms with Crippen LogP contribution in [0, 0.1) is 0 Å². The van der Waals surface area contributed by atoms with Crippen molar-refractivity contribution in [3.8, 4) is 11.3 Å². The molecule has 0 unspecified atom stereocenters. The number of hydrogen-bond acceptors (Lipinski definition) is 4. The van der Waals surface area contributed by atoms with Gasteiger partial charge in [-0.15, -0.1) is 0 Å². The molecule has 0 aliphatic rings. The van der Waals surface area contributed by atoms with Gasteiger partial charge >= 0.3 is 0 Å². The molecule has 0 aliphatic heterocycles. The molecule has 0 N–H and O–H groups in total. The summed E-state index contributed by atoms with van der Waals surface area (Å²) in [7, 11) is 0. The van der Waals surface area contributed by atoms with E-state index in [0.717, 1.165) is 16.2 Å². The summed E-state index contributed by atoms with van der Waals surface area (Å²) in [5, 5.41) is 8.41. The number of aromatic nitrogens is 3. The van der Waals surface area contributed by atoms with E-state index in [1.807, 2.05) is 19.1 Å². The fourth-order valence-electron chi connectivity index (χ4n) is 1.95. The summed E-state index contributed by atoms with van der Waals surface area (Å²) in [5.41, 5.74) is 2.20. The average Bonchev–Trinajstić information content (AvgIpc) is 2.87. The van der Waals surface area contributed by atoms with E-state index in [9.17, 15) is 9.59 Å². The van der Waals surface area contributed by atoms with E-state index < -0.39 is 0 Å². The Labute approximate surface area is 117 Å². The number of imide groups is 1. The minimum atomic E-state index is -0.304. The largest absolute Gasteiger partial charge is 0.274 e. The first-order valence-corrected chi connectivity index (χ1v) is 6.34. The molecule has 2 amide bonds. The van der Waals surface area contributed by atoms with Crippen LogP contribution >= 0.6 is 0 Å². The number of nitrogens with zero attached hydrogens (tertiary/aromatic N) is 4. The van der Waals surface area contributed by atoms with Gasteiger partial charge in [0.1, 0.15) is 5.69 Å². The summed E-state index contributed by atoms with van der Waals surface area (Å²) in [6.45, 7) is 5.40. The molecule has 0 fully saturated rings. The van der Waals surface area contributed by atoms with Crippen molar-refractivity contribution in [1.82, 2.24) is 15.0 Å². The molecule has 6 heteroatoms. The van der Waals surface area contributed by atoms with E-state index in [4.69, 9.17) is 0 Å². The summed E-state index contributed by atoms with van der Waals surface area (Å²) in [5.74, 6) is -0.607. The van der Waals surface area contributed by atoms with Gasteiger partial charge in [0.15, 0.2) is 0 Å². The first kappa shape index (κ1) is 13.9. The number of carbonyl (C=O) groups excluding carboxylic acids is 2. The monoisotopic (exact) mass is 272 g/mol. The molecule has 104 valence electrons. The van der Waals surface area contributed by atoms with Gasteiger partial charge in [0, 0.05) is 19.4 Å². The van der Waals surface area contributed by atoms with Crippen molar-refractivity contribution in [2.24, 2.45) is 0 Å². The Morgan fingerprint density at radius 3 is 2.20 bits per heavy atom. The zero-order valence-electron chi connectivity index (χ0n) is 11.7. The van der Waals surface area contributed by atoms with Gasteiger partial charge in [-0.3, -0.25) is 14.5 Å². The number of hydrogen-bond donors (Lipinski definition) is 0. The molecule has 1 aromatic carbocycles. The summed E-state index contributed by atoms with van der Waals surface area (Å²) in [6.07, 6.45) is 1.69. The normalized spacial score (nSPS) is 10.3. The summed E-state index contributed by atoms with van der Waals surface area (Å²) in [6, 6.07) is 7.09. The van der Waals surface area contributed by atoms with Gasteiger partial charge < -0.3 is 0 Å². The molecule has 1 heterocycles. The molecule has 0 spiro atoms. The molecule has 2 rings (SSSR count). The lowest BCUT2D eigenvalue weighted by Gasteiger charge is -2.17. The topological polar surface area (TPSA) is 68.1 Å². The van der Waals surface area contributed by atoms with E-state index in [2.05, 4.69) is 10.2 Å². The minimum absolute atomic E-state index is 0.304. The maximum absolute atomic E-state index is 11.5. The molecule has 2 aromatic rings. The van der Waals surface area contributed by atoms with Gasteiger partial charge in [-0.05, 0) is 19.1 Å². The van der Waals surface area contributed by atoms with Crippen LogP contribution in [-0.4, -0.2) is 26.8 Å². The molecular weight excluding hydrogens is 256 g/mol. The molecule has 0 saturated carbocycles. The Balaban J connectivity index is 2.29. The zero-order valence-corrected chi connectivity index (χ0v) is 11.7. The first-order chi connectivity index (χ1) is 9.52. The van der Waals surface area contributed by atoms with Gasteiger partial charge in [0.05, 0.1) is 18.4 Å². The lowest BCUT2D eigenvalue weighted by molar-refractivity contribution is -0.124. The minimum Gasteiger partial charge on any atom is -0.274 e. The molecule has 0 aliphatic carbocycles. The van der Waals surface area contributed by atoms with Gasteiger partial charge in [-0.1, -0.05) is 12.1 Å². The highest BCUT2D eigenvalue weighted by atomic mass is 16.2. The van der Waals surface area contributed by atoms with Crippen LogP contribution in [-0.2, 0) is 16.1 Å².